The summed E-state index contributed by atoms with van der Waals surface area (Å²) in [6, 6.07) is 13.5. The van der Waals surface area contributed by atoms with E-state index in [0.717, 1.165) is 21.8 Å². The summed E-state index contributed by atoms with van der Waals surface area (Å²) >= 11 is 0. The van der Waals surface area contributed by atoms with Crippen LogP contribution >= 0.6 is 0 Å². The maximum Gasteiger partial charge on any atom is 0.255 e. The normalized spacial score (nSPS) is 15.2. The van der Waals surface area contributed by atoms with Crippen molar-refractivity contribution in [3.05, 3.63) is 60.3 Å². The summed E-state index contributed by atoms with van der Waals surface area (Å²) in [6.07, 6.45) is 2.04. The highest BCUT2D eigenvalue weighted by Crippen LogP contribution is 2.23. The molecule has 1 aromatic heterocycles. The fourth-order valence-electron chi connectivity index (χ4n) is 3.78. The molecule has 0 spiro atoms. The van der Waals surface area contributed by atoms with E-state index < -0.39 is 10.0 Å². The van der Waals surface area contributed by atoms with E-state index in [1.165, 1.54) is 24.3 Å². The number of fused-ring (bicyclic) bond motifs is 1. The van der Waals surface area contributed by atoms with Crippen molar-refractivity contribution in [1.29, 1.82) is 0 Å². The molecule has 1 aliphatic heterocycles. The Morgan fingerprint density at radius 3 is 2.56 bits per heavy atom. The molecule has 2 aromatic carbocycles. The number of carbonyl (C=O) groups excluding carboxylic acids is 2. The van der Waals surface area contributed by atoms with Gasteiger partial charge in [0.25, 0.3) is 5.91 Å². The van der Waals surface area contributed by atoms with Gasteiger partial charge in [-0.05, 0) is 54.4 Å². The van der Waals surface area contributed by atoms with Crippen LogP contribution in [-0.2, 0) is 21.4 Å². The van der Waals surface area contributed by atoms with Gasteiger partial charge in [-0.15, -0.1) is 0 Å². The van der Waals surface area contributed by atoms with Gasteiger partial charge in [0.1, 0.15) is 0 Å². The zero-order chi connectivity index (χ0) is 22.9. The standard InChI is InChI=1S/C23H26N4O4S/c1-16(2)14-26-11-9-18-13-19(5-8-21(18)26)25-23(29)17-3-6-20(7-4-17)32(30,31)27-12-10-24-22(28)15-27/h3-9,11,13,16H,10,12,14-15H2,1-2H3,(H,24,28)(H,25,29). The summed E-state index contributed by atoms with van der Waals surface area (Å²) in [7, 11) is -3.79. The monoisotopic (exact) mass is 454 g/mol. The first-order chi connectivity index (χ1) is 15.2. The van der Waals surface area contributed by atoms with Crippen molar-refractivity contribution < 1.29 is 18.0 Å². The molecule has 2 heterocycles. The second-order valence-electron chi connectivity index (χ2n) is 8.30. The lowest BCUT2D eigenvalue weighted by Gasteiger charge is -2.25. The van der Waals surface area contributed by atoms with E-state index in [0.29, 0.717) is 17.2 Å². The molecule has 8 nitrogen and oxygen atoms in total. The van der Waals surface area contributed by atoms with Crippen LogP contribution < -0.4 is 10.6 Å². The minimum atomic E-state index is -3.79. The van der Waals surface area contributed by atoms with E-state index in [1.54, 1.807) is 0 Å². The predicted molar refractivity (Wildman–Crippen MR) is 123 cm³/mol. The van der Waals surface area contributed by atoms with Gasteiger partial charge >= 0.3 is 0 Å². The first kappa shape index (κ1) is 22.0. The van der Waals surface area contributed by atoms with Gasteiger partial charge in [0.05, 0.1) is 11.4 Å². The maximum absolute atomic E-state index is 12.7. The number of rotatable bonds is 6. The lowest BCUT2D eigenvalue weighted by atomic mass is 10.2. The van der Waals surface area contributed by atoms with E-state index in [-0.39, 0.29) is 36.3 Å². The van der Waals surface area contributed by atoms with Crippen LogP contribution in [0.2, 0.25) is 0 Å². The van der Waals surface area contributed by atoms with Gasteiger partial charge < -0.3 is 15.2 Å². The number of hydrogen-bond donors (Lipinski definition) is 2. The Bertz CT molecular complexity index is 1260. The van der Waals surface area contributed by atoms with Crippen LogP contribution in [0.5, 0.6) is 0 Å². The lowest BCUT2D eigenvalue weighted by Crippen LogP contribution is -2.49. The summed E-state index contributed by atoms with van der Waals surface area (Å²) in [5.74, 6) is -0.122. The molecule has 0 unspecified atom stereocenters. The molecule has 0 aliphatic carbocycles. The molecular formula is C23H26N4O4S. The molecular weight excluding hydrogens is 428 g/mol. The summed E-state index contributed by atoms with van der Waals surface area (Å²) in [5, 5.41) is 6.51. The highest BCUT2D eigenvalue weighted by atomic mass is 32.2. The third-order valence-corrected chi connectivity index (χ3v) is 7.21. The Balaban J connectivity index is 1.47. The van der Waals surface area contributed by atoms with Gasteiger partial charge in [-0.2, -0.15) is 4.31 Å². The van der Waals surface area contributed by atoms with Crippen LogP contribution in [0.1, 0.15) is 24.2 Å². The highest BCUT2D eigenvalue weighted by Gasteiger charge is 2.29. The first-order valence-corrected chi connectivity index (χ1v) is 12.0. The number of carbonyl (C=O) groups is 2. The molecule has 0 atom stereocenters. The van der Waals surface area contributed by atoms with Crippen molar-refractivity contribution >= 4 is 38.4 Å². The number of aromatic nitrogens is 1. The number of nitrogens with zero attached hydrogens (tertiary/aromatic N) is 2. The predicted octanol–water partition coefficient (Wildman–Crippen LogP) is 2.67. The molecule has 32 heavy (non-hydrogen) atoms. The second-order valence-corrected chi connectivity index (χ2v) is 10.2. The van der Waals surface area contributed by atoms with Crippen molar-refractivity contribution in [1.82, 2.24) is 14.2 Å². The molecule has 1 aliphatic rings. The van der Waals surface area contributed by atoms with Crippen LogP contribution in [-0.4, -0.2) is 48.7 Å². The number of sulfonamides is 1. The molecule has 4 rings (SSSR count). The average molecular weight is 455 g/mol. The maximum atomic E-state index is 12.7. The molecule has 2 N–H and O–H groups in total. The fraction of sp³-hybridized carbons (Fsp3) is 0.304. The molecule has 0 bridgehead atoms. The largest absolute Gasteiger partial charge is 0.354 e. The average Bonchev–Trinajstić information content (AvgIpc) is 3.15. The second kappa shape index (κ2) is 8.76. The number of anilines is 1. The third kappa shape index (κ3) is 4.53. The van der Waals surface area contributed by atoms with E-state index >= 15 is 0 Å². The summed E-state index contributed by atoms with van der Waals surface area (Å²) in [4.78, 5) is 24.3. The van der Waals surface area contributed by atoms with E-state index in [9.17, 15) is 18.0 Å². The Labute approximate surface area is 187 Å². The highest BCUT2D eigenvalue weighted by molar-refractivity contribution is 7.89. The minimum Gasteiger partial charge on any atom is -0.354 e. The first-order valence-electron chi connectivity index (χ1n) is 10.5. The van der Waals surface area contributed by atoms with E-state index in [1.807, 2.05) is 30.5 Å². The van der Waals surface area contributed by atoms with Crippen molar-refractivity contribution in [2.75, 3.05) is 25.0 Å². The summed E-state index contributed by atoms with van der Waals surface area (Å²) in [6.45, 7) is 5.56. The van der Waals surface area contributed by atoms with Crippen molar-refractivity contribution in [2.24, 2.45) is 5.92 Å². The van der Waals surface area contributed by atoms with Gasteiger partial charge in [-0.3, -0.25) is 9.59 Å². The summed E-state index contributed by atoms with van der Waals surface area (Å²) in [5.41, 5.74) is 2.12. The number of piperazine rings is 1. The molecule has 1 saturated heterocycles. The Morgan fingerprint density at radius 1 is 1.12 bits per heavy atom. The number of amides is 2. The number of benzene rings is 2. The van der Waals surface area contributed by atoms with Gasteiger partial charge in [0.15, 0.2) is 0 Å². The Hall–Kier alpha value is -3.17. The van der Waals surface area contributed by atoms with Gasteiger partial charge in [-0.1, -0.05) is 13.8 Å². The zero-order valence-corrected chi connectivity index (χ0v) is 18.9. The fourth-order valence-corrected chi connectivity index (χ4v) is 5.18. The lowest BCUT2D eigenvalue weighted by molar-refractivity contribution is -0.122. The molecule has 3 aromatic rings. The molecule has 0 radical (unpaired) electrons. The van der Waals surface area contributed by atoms with Crippen molar-refractivity contribution in [3.8, 4) is 0 Å². The van der Waals surface area contributed by atoms with Gasteiger partial charge in [-0.25, -0.2) is 8.42 Å². The van der Waals surface area contributed by atoms with E-state index in [2.05, 4.69) is 29.0 Å². The van der Waals surface area contributed by atoms with Crippen LogP contribution in [0.25, 0.3) is 10.9 Å². The van der Waals surface area contributed by atoms with Crippen LogP contribution in [0.15, 0.2) is 59.6 Å². The SMILES string of the molecule is CC(C)Cn1ccc2cc(NC(=O)c3ccc(S(=O)(=O)N4CCNC(=O)C4)cc3)ccc21. The number of nitrogens with one attached hydrogen (secondary N) is 2. The van der Waals surface area contributed by atoms with Crippen molar-refractivity contribution in [2.45, 2.75) is 25.3 Å². The van der Waals surface area contributed by atoms with E-state index in [4.69, 9.17) is 0 Å². The molecule has 1 fully saturated rings. The summed E-state index contributed by atoms with van der Waals surface area (Å²) < 4.78 is 28.8. The third-order valence-electron chi connectivity index (χ3n) is 5.35. The van der Waals surface area contributed by atoms with Crippen molar-refractivity contribution in [3.63, 3.8) is 0 Å². The quantitative estimate of drug-likeness (QED) is 0.598. The number of hydrogen-bond acceptors (Lipinski definition) is 4. The Kier molecular flexibility index (Phi) is 6.03. The molecule has 168 valence electrons. The van der Waals surface area contributed by atoms with Crippen LogP contribution in [0.4, 0.5) is 5.69 Å². The van der Waals surface area contributed by atoms with Crippen LogP contribution in [0.3, 0.4) is 0 Å². The molecule has 9 heteroatoms. The minimum absolute atomic E-state index is 0.0525. The molecule has 2 amide bonds. The van der Waals surface area contributed by atoms with Crippen LogP contribution in [0, 0.1) is 5.92 Å². The molecule has 0 saturated carbocycles. The smallest absolute Gasteiger partial charge is 0.255 e. The Morgan fingerprint density at radius 2 is 1.88 bits per heavy atom. The van der Waals surface area contributed by atoms with Gasteiger partial charge in [0, 0.05) is 48.0 Å². The topological polar surface area (TPSA) is 101 Å². The van der Waals surface area contributed by atoms with Gasteiger partial charge in [0.2, 0.25) is 15.9 Å². The zero-order valence-electron chi connectivity index (χ0n) is 18.0.